The molecule has 2 aromatic rings. The fraction of sp³-hybridized carbons (Fsp3) is 0.575. The number of aromatic nitrogens is 1. The van der Waals surface area contributed by atoms with E-state index in [4.69, 9.17) is 9.47 Å². The Morgan fingerprint density at radius 2 is 1.65 bits per heavy atom. The van der Waals surface area contributed by atoms with Gasteiger partial charge in [0.1, 0.15) is 23.4 Å². The van der Waals surface area contributed by atoms with Gasteiger partial charge in [0.05, 0.1) is 5.92 Å². The molecular weight excluding hydrogens is 706 g/mol. The number of piperazine rings is 1. The molecule has 5 aliphatic heterocycles. The molecule has 6 amide bonds. The summed E-state index contributed by atoms with van der Waals surface area (Å²) in [6, 6.07) is 7.80. The Morgan fingerprint density at radius 1 is 0.909 bits per heavy atom. The number of ether oxygens (including phenoxy) is 2. The van der Waals surface area contributed by atoms with E-state index in [1.165, 1.54) is 0 Å². The molecule has 0 radical (unpaired) electrons. The van der Waals surface area contributed by atoms with Crippen molar-refractivity contribution in [3.05, 3.63) is 53.9 Å². The second kappa shape index (κ2) is 15.9. The highest BCUT2D eigenvalue weighted by molar-refractivity contribution is 6.01. The maximum atomic E-state index is 13.9. The summed E-state index contributed by atoms with van der Waals surface area (Å²) in [7, 11) is 0. The summed E-state index contributed by atoms with van der Waals surface area (Å²) in [6.45, 7) is 8.63. The van der Waals surface area contributed by atoms with Crippen molar-refractivity contribution < 1.29 is 38.2 Å². The molecule has 5 fully saturated rings. The van der Waals surface area contributed by atoms with Gasteiger partial charge in [-0.3, -0.25) is 34.3 Å². The van der Waals surface area contributed by atoms with Crippen LogP contribution in [0.3, 0.4) is 0 Å². The first kappa shape index (κ1) is 38.1. The normalized spacial score (nSPS) is 24.7. The number of piperidine rings is 1. The van der Waals surface area contributed by atoms with Gasteiger partial charge in [-0.25, -0.2) is 4.79 Å². The molecule has 1 aromatic heterocycles. The van der Waals surface area contributed by atoms with Crippen LogP contribution >= 0.6 is 0 Å². The number of carbonyl (C=O) groups excluding carboxylic acids is 6. The average Bonchev–Trinajstić information content (AvgIpc) is 3.50. The van der Waals surface area contributed by atoms with E-state index >= 15 is 0 Å². The number of likely N-dealkylation sites (tertiary alicyclic amines) is 1. The van der Waals surface area contributed by atoms with Crippen molar-refractivity contribution in [1.29, 1.82) is 0 Å². The lowest BCUT2D eigenvalue weighted by Crippen LogP contribution is -2.59. The smallest absolute Gasteiger partial charge is 0.408 e. The fourth-order valence-electron chi connectivity index (χ4n) is 8.50. The van der Waals surface area contributed by atoms with Gasteiger partial charge in [0.15, 0.2) is 6.61 Å². The van der Waals surface area contributed by atoms with Gasteiger partial charge in [-0.05, 0) is 83.1 Å². The van der Waals surface area contributed by atoms with Crippen LogP contribution in [0.25, 0.3) is 0 Å². The van der Waals surface area contributed by atoms with Crippen LogP contribution in [-0.2, 0) is 28.7 Å². The van der Waals surface area contributed by atoms with Gasteiger partial charge in [-0.15, -0.1) is 0 Å². The lowest BCUT2D eigenvalue weighted by Gasteiger charge is -2.44. The molecule has 7 rings (SSSR count). The average molecular weight is 758 g/mol. The minimum Gasteiger partial charge on any atom is -0.484 e. The molecule has 0 saturated carbocycles. The molecule has 0 spiro atoms. The summed E-state index contributed by atoms with van der Waals surface area (Å²) in [5.41, 5.74) is 2.23. The maximum Gasteiger partial charge on any atom is 0.408 e. The molecule has 15 nitrogen and oxygen atoms in total. The third-order valence-corrected chi connectivity index (χ3v) is 11.4. The largest absolute Gasteiger partial charge is 0.484 e. The topological polar surface area (TPSA) is 171 Å². The van der Waals surface area contributed by atoms with Crippen LogP contribution in [0.1, 0.15) is 88.7 Å². The Bertz CT molecular complexity index is 1800. The van der Waals surface area contributed by atoms with Crippen molar-refractivity contribution in [2.75, 3.05) is 50.8 Å². The first-order chi connectivity index (χ1) is 26.3. The van der Waals surface area contributed by atoms with Crippen molar-refractivity contribution >= 4 is 41.3 Å². The number of rotatable bonds is 8. The Hall–Kier alpha value is -5.21. The number of benzene rings is 1. The van der Waals surface area contributed by atoms with Crippen molar-refractivity contribution in [3.63, 3.8) is 0 Å². The van der Waals surface area contributed by atoms with E-state index in [1.54, 1.807) is 61.0 Å². The highest BCUT2D eigenvalue weighted by atomic mass is 16.6. The van der Waals surface area contributed by atoms with Crippen LogP contribution in [0.4, 0.5) is 10.5 Å². The van der Waals surface area contributed by atoms with Gasteiger partial charge in [-0.1, -0.05) is 12.1 Å². The van der Waals surface area contributed by atoms with Crippen LogP contribution in [0, 0.1) is 0 Å². The number of alkyl carbamates (subject to hydrolysis) is 1. The lowest BCUT2D eigenvalue weighted by atomic mass is 9.90. The fourth-order valence-corrected chi connectivity index (χ4v) is 8.50. The number of carbonyl (C=O) groups is 6. The van der Waals surface area contributed by atoms with Crippen molar-refractivity contribution in [3.8, 4) is 5.75 Å². The Labute approximate surface area is 321 Å². The molecule has 2 N–H and O–H groups in total. The van der Waals surface area contributed by atoms with E-state index in [9.17, 15) is 28.8 Å². The summed E-state index contributed by atoms with van der Waals surface area (Å²) >= 11 is 0. The third kappa shape index (κ3) is 8.55. The molecule has 1 unspecified atom stereocenters. The number of hydrogen-bond acceptors (Lipinski definition) is 10. The van der Waals surface area contributed by atoms with Crippen LogP contribution in [0.2, 0.25) is 0 Å². The van der Waals surface area contributed by atoms with Gasteiger partial charge >= 0.3 is 6.09 Å². The standard InChI is InChI=1S/C40H51N7O8/c1-40(2,3)55-39(53)42-31-6-4-5-27-9-13-33(47(27)37(31)51)38(52)46-22-26(23-46)30-21-41-16-15-32(30)44-17-19-45(20-18-44)35(49)24-54-28-10-7-25(8-11-28)29-12-14-34(48)43-36(29)50/h7-8,10-11,15-16,21,26-27,29,31,33H,4-6,9,12-14,17-20,22-24H2,1-3H3,(H,42,53)(H,43,48,50)/t27-,29?,31-,33-/m0/s1. The van der Waals surface area contributed by atoms with Crippen molar-refractivity contribution in [2.45, 2.75) is 101 Å². The minimum atomic E-state index is -0.718. The molecule has 5 aliphatic rings. The Morgan fingerprint density at radius 3 is 2.36 bits per heavy atom. The van der Waals surface area contributed by atoms with Gasteiger partial charge in [0.2, 0.25) is 23.6 Å². The summed E-state index contributed by atoms with van der Waals surface area (Å²) in [5, 5.41) is 5.14. The number of nitrogens with zero attached hydrogens (tertiary/aromatic N) is 5. The van der Waals surface area contributed by atoms with Gasteiger partial charge in [-0.2, -0.15) is 0 Å². The van der Waals surface area contributed by atoms with Crippen molar-refractivity contribution in [2.24, 2.45) is 0 Å². The maximum absolute atomic E-state index is 13.9. The summed E-state index contributed by atoms with van der Waals surface area (Å²) in [5.74, 6) is -0.657. The van der Waals surface area contributed by atoms with E-state index in [1.807, 2.05) is 17.2 Å². The van der Waals surface area contributed by atoms with E-state index in [0.29, 0.717) is 70.7 Å². The number of hydrogen-bond donors (Lipinski definition) is 2. The zero-order valence-corrected chi connectivity index (χ0v) is 31.8. The quantitative estimate of drug-likeness (QED) is 0.382. The molecule has 0 bridgehead atoms. The second-order valence-electron chi connectivity index (χ2n) is 16.2. The van der Waals surface area contributed by atoms with E-state index in [-0.39, 0.29) is 54.0 Å². The number of nitrogens with one attached hydrogen (secondary N) is 2. The first-order valence-corrected chi connectivity index (χ1v) is 19.5. The van der Waals surface area contributed by atoms with Gasteiger partial charge < -0.3 is 34.4 Å². The van der Waals surface area contributed by atoms with Crippen LogP contribution in [0.15, 0.2) is 42.7 Å². The number of imide groups is 1. The lowest BCUT2D eigenvalue weighted by molar-refractivity contribution is -0.148. The molecular formula is C40H51N7O8. The number of anilines is 1. The highest BCUT2D eigenvalue weighted by Gasteiger charge is 2.48. The van der Waals surface area contributed by atoms with E-state index in [0.717, 1.165) is 36.1 Å². The highest BCUT2D eigenvalue weighted by Crippen LogP contribution is 2.38. The zero-order chi connectivity index (χ0) is 38.9. The minimum absolute atomic E-state index is 0.00980. The Kier molecular flexibility index (Phi) is 11.0. The van der Waals surface area contributed by atoms with Crippen molar-refractivity contribution in [1.82, 2.24) is 30.3 Å². The molecule has 5 saturated heterocycles. The van der Waals surface area contributed by atoms with Crippen LogP contribution in [-0.4, -0.2) is 125 Å². The molecule has 0 aliphatic carbocycles. The predicted octanol–water partition coefficient (Wildman–Crippen LogP) is 2.69. The summed E-state index contributed by atoms with van der Waals surface area (Å²) < 4.78 is 11.2. The van der Waals surface area contributed by atoms with E-state index < -0.39 is 23.8 Å². The first-order valence-electron chi connectivity index (χ1n) is 19.5. The second-order valence-corrected chi connectivity index (χ2v) is 16.2. The van der Waals surface area contributed by atoms with E-state index in [2.05, 4.69) is 20.5 Å². The predicted molar refractivity (Wildman–Crippen MR) is 200 cm³/mol. The summed E-state index contributed by atoms with van der Waals surface area (Å²) in [6.07, 6.45) is 7.27. The molecule has 1 aromatic carbocycles. The van der Waals surface area contributed by atoms with Crippen LogP contribution < -0.4 is 20.3 Å². The molecule has 6 heterocycles. The number of pyridine rings is 1. The zero-order valence-electron chi connectivity index (χ0n) is 31.8. The molecule has 55 heavy (non-hydrogen) atoms. The SMILES string of the molecule is CC(C)(C)OC(=O)N[C@H]1CCC[C@H]2CC[C@@H](C(=O)N3CC(c4cnccc4N4CCN(C(=O)COc5ccc(C6CCC(=O)NC6=O)cc5)CC4)C3)N2C1=O. The Balaban J connectivity index is 0.893. The monoisotopic (exact) mass is 757 g/mol. The van der Waals surface area contributed by atoms with Gasteiger partial charge in [0, 0.05) is 81.3 Å². The van der Waals surface area contributed by atoms with Crippen LogP contribution in [0.5, 0.6) is 5.75 Å². The molecule has 294 valence electrons. The third-order valence-electron chi connectivity index (χ3n) is 11.4. The summed E-state index contributed by atoms with van der Waals surface area (Å²) in [4.78, 5) is 89.0. The number of amides is 6. The molecule has 15 heteroatoms. The van der Waals surface area contributed by atoms with Gasteiger partial charge in [0.25, 0.3) is 5.91 Å². The number of fused-ring (bicyclic) bond motifs is 1. The molecule has 4 atom stereocenters.